The molecule has 0 fully saturated rings. The lowest BCUT2D eigenvalue weighted by molar-refractivity contribution is 0.110. The smallest absolute Gasteiger partial charge is 0.420 e. The Hall–Kier alpha value is -1.71. The average molecular weight is 393 g/mol. The van der Waals surface area contributed by atoms with Gasteiger partial charge in [0.15, 0.2) is 13.4 Å². The van der Waals surface area contributed by atoms with Crippen molar-refractivity contribution in [3.8, 4) is 16.9 Å². The molecular formula is C17H16BF2NO3P2. The molecule has 134 valence electrons. The van der Waals surface area contributed by atoms with Gasteiger partial charge in [0.1, 0.15) is 11.2 Å². The zero-order valence-corrected chi connectivity index (χ0v) is 16.2. The summed E-state index contributed by atoms with van der Waals surface area (Å²) in [6, 6.07) is 11.8. The molecule has 0 spiro atoms. The van der Waals surface area contributed by atoms with Crippen molar-refractivity contribution in [3.05, 3.63) is 53.0 Å². The second-order valence-electron chi connectivity index (χ2n) is 6.24. The summed E-state index contributed by atoms with van der Waals surface area (Å²) in [5, 5.41) is -1.64. The third kappa shape index (κ3) is 4.52. The van der Waals surface area contributed by atoms with Crippen molar-refractivity contribution in [2.45, 2.75) is 24.4 Å². The molecule has 9 heteroatoms. The van der Waals surface area contributed by atoms with E-state index in [1.165, 1.54) is 11.5 Å². The van der Waals surface area contributed by atoms with Gasteiger partial charge in [-0.15, -0.1) is 0 Å². The Balaban J connectivity index is 1.98. The van der Waals surface area contributed by atoms with Crippen LogP contribution in [0.4, 0.5) is 8.78 Å². The fourth-order valence-corrected chi connectivity index (χ4v) is 2.92. The molecule has 0 aliphatic heterocycles. The van der Waals surface area contributed by atoms with Gasteiger partial charge in [0, 0.05) is 0 Å². The number of ether oxygens (including phenoxy) is 1. The molecule has 0 aliphatic rings. The monoisotopic (exact) mass is 393 g/mol. The Labute approximate surface area is 154 Å². The van der Waals surface area contributed by atoms with E-state index in [1.807, 2.05) is 0 Å². The van der Waals surface area contributed by atoms with Crippen LogP contribution in [0.5, 0.6) is 5.75 Å². The van der Waals surface area contributed by atoms with Crippen LogP contribution in [0.25, 0.3) is 22.2 Å². The summed E-state index contributed by atoms with van der Waals surface area (Å²) in [4.78, 5) is 12.0. The van der Waals surface area contributed by atoms with Crippen LogP contribution in [0, 0.1) is 0 Å². The third-order valence-corrected chi connectivity index (χ3v) is 3.90. The van der Waals surface area contributed by atoms with Crippen molar-refractivity contribution >= 4 is 37.4 Å². The molecule has 1 heterocycles. The number of rotatable bonds is 5. The summed E-state index contributed by atoms with van der Waals surface area (Å²) >= 11 is 0. The van der Waals surface area contributed by atoms with Crippen LogP contribution in [-0.4, -0.2) is 23.3 Å². The van der Waals surface area contributed by atoms with E-state index in [9.17, 15) is 13.6 Å². The molecule has 0 amide bonds. The van der Waals surface area contributed by atoms with Gasteiger partial charge >= 0.3 is 5.76 Å². The number of fused-ring (bicyclic) bond motifs is 1. The van der Waals surface area contributed by atoms with Gasteiger partial charge in [0.2, 0.25) is 5.50 Å². The average Bonchev–Trinajstić information content (AvgIpc) is 2.80. The maximum absolute atomic E-state index is 14.0. The van der Waals surface area contributed by atoms with Gasteiger partial charge < -0.3 is 9.15 Å². The van der Waals surface area contributed by atoms with Gasteiger partial charge in [0.25, 0.3) is 0 Å². The van der Waals surface area contributed by atoms with Gasteiger partial charge in [-0.3, -0.25) is 4.57 Å². The van der Waals surface area contributed by atoms with Crippen molar-refractivity contribution in [1.82, 2.24) is 4.57 Å². The fraction of sp³-hybridized carbons (Fsp3) is 0.235. The van der Waals surface area contributed by atoms with Crippen LogP contribution in [-0.2, 0) is 6.54 Å². The van der Waals surface area contributed by atoms with E-state index < -0.39 is 16.7 Å². The molecule has 1 aromatic heterocycles. The summed E-state index contributed by atoms with van der Waals surface area (Å²) in [6.07, 6.45) is 0. The van der Waals surface area contributed by atoms with E-state index in [0.717, 1.165) is 11.1 Å². The number of nitrogens with zero attached hydrogens (tertiary/aromatic N) is 1. The van der Waals surface area contributed by atoms with Crippen LogP contribution in [0.3, 0.4) is 0 Å². The predicted octanol–water partition coefficient (Wildman–Crippen LogP) is 3.83. The topological polar surface area (TPSA) is 44.4 Å². The molecule has 2 aromatic carbocycles. The van der Waals surface area contributed by atoms with Crippen LogP contribution >= 0.6 is 18.5 Å². The van der Waals surface area contributed by atoms with E-state index in [1.54, 1.807) is 51.7 Å². The predicted molar refractivity (Wildman–Crippen MR) is 105 cm³/mol. The highest BCUT2D eigenvalue weighted by Crippen LogP contribution is 2.29. The number of hydrogen-bond donors (Lipinski definition) is 0. The van der Waals surface area contributed by atoms with Crippen molar-refractivity contribution in [1.29, 1.82) is 0 Å². The number of alkyl halides is 2. The van der Waals surface area contributed by atoms with Gasteiger partial charge in [-0.25, -0.2) is 13.6 Å². The Morgan fingerprint density at radius 1 is 1.15 bits per heavy atom. The maximum atomic E-state index is 14.0. The number of benzene rings is 2. The summed E-state index contributed by atoms with van der Waals surface area (Å²) in [7, 11) is 8.96. The first kappa shape index (κ1) is 19.1. The van der Waals surface area contributed by atoms with E-state index in [4.69, 9.17) is 17.0 Å². The van der Waals surface area contributed by atoms with Crippen molar-refractivity contribution < 1.29 is 17.9 Å². The van der Waals surface area contributed by atoms with E-state index in [0.29, 0.717) is 11.1 Å². The van der Waals surface area contributed by atoms with Gasteiger partial charge in [-0.2, -0.15) is 0 Å². The summed E-state index contributed by atoms with van der Waals surface area (Å²) in [6.45, 7) is 1.21. The van der Waals surface area contributed by atoms with Crippen LogP contribution in [0.1, 0.15) is 6.92 Å². The quantitative estimate of drug-likeness (QED) is 0.489. The molecular weight excluding hydrogens is 377 g/mol. The lowest BCUT2D eigenvalue weighted by Crippen LogP contribution is -2.24. The molecule has 0 saturated heterocycles. The summed E-state index contributed by atoms with van der Waals surface area (Å²) in [5.74, 6) is -0.346. The molecule has 0 saturated carbocycles. The van der Waals surface area contributed by atoms with Crippen molar-refractivity contribution in [2.75, 3.05) is 0 Å². The number of oxazole rings is 1. The Bertz CT molecular complexity index is 988. The van der Waals surface area contributed by atoms with Crippen molar-refractivity contribution in [3.63, 3.8) is 0 Å². The second-order valence-corrected chi connectivity index (χ2v) is 8.23. The minimum absolute atomic E-state index is 0.150. The SMILES string of the molecule is [B]C(F)(P)Oc1ccc(-c2ccc3oc(=O)n(CC(C)(F)P)c3c2)cc1. The lowest BCUT2D eigenvalue weighted by Gasteiger charge is -2.17. The number of hydrogen-bond acceptors (Lipinski definition) is 3. The van der Waals surface area contributed by atoms with Gasteiger partial charge in [-0.05, 0) is 42.3 Å². The molecule has 0 bridgehead atoms. The number of aromatic nitrogens is 1. The number of halogens is 2. The molecule has 0 N–H and O–H groups in total. The first-order chi connectivity index (χ1) is 12.0. The maximum Gasteiger partial charge on any atom is 0.420 e. The first-order valence-electron chi connectivity index (χ1n) is 7.69. The molecule has 4 unspecified atom stereocenters. The third-order valence-electron chi connectivity index (χ3n) is 3.60. The van der Waals surface area contributed by atoms with E-state index in [2.05, 4.69) is 9.24 Å². The molecule has 0 aliphatic carbocycles. The lowest BCUT2D eigenvalue weighted by atomic mass is 10.0. The van der Waals surface area contributed by atoms with Crippen LogP contribution in [0.15, 0.2) is 51.7 Å². The van der Waals surface area contributed by atoms with E-state index >= 15 is 0 Å². The van der Waals surface area contributed by atoms with Gasteiger partial charge in [0.05, 0.1) is 12.1 Å². The second kappa shape index (κ2) is 6.79. The molecule has 4 atom stereocenters. The Morgan fingerprint density at radius 3 is 2.35 bits per heavy atom. The Morgan fingerprint density at radius 2 is 1.77 bits per heavy atom. The standard InChI is InChI=1S/C17H16BF2NO3P2/c1-16(19,25)9-21-13-8-11(4-7-14(13)23-15(21)22)10-2-5-12(6-3-10)24-17(18,20)26/h2-8H,9,25-26H2,1H3. The van der Waals surface area contributed by atoms with Crippen LogP contribution < -0.4 is 10.5 Å². The zero-order chi connectivity index (χ0) is 19.1. The highest BCUT2D eigenvalue weighted by atomic mass is 31.0. The summed E-state index contributed by atoms with van der Waals surface area (Å²) < 4.78 is 38.6. The minimum Gasteiger partial charge on any atom is -0.465 e. The van der Waals surface area contributed by atoms with Gasteiger partial charge in [-0.1, -0.05) is 36.7 Å². The Kier molecular flexibility index (Phi) is 4.98. The highest BCUT2D eigenvalue weighted by Gasteiger charge is 2.21. The molecule has 26 heavy (non-hydrogen) atoms. The highest BCUT2D eigenvalue weighted by molar-refractivity contribution is 7.21. The molecule has 3 rings (SSSR count). The first-order valence-corrected chi connectivity index (χ1v) is 8.85. The normalized spacial score (nSPS) is 16.2. The summed E-state index contributed by atoms with van der Waals surface area (Å²) in [5.41, 5.74) is 0.117. The minimum atomic E-state index is -2.34. The zero-order valence-electron chi connectivity index (χ0n) is 13.9. The van der Waals surface area contributed by atoms with E-state index in [-0.39, 0.29) is 12.3 Å². The molecule has 2 radical (unpaired) electrons. The molecule has 3 aromatic rings. The van der Waals surface area contributed by atoms with Crippen LogP contribution in [0.2, 0.25) is 0 Å². The van der Waals surface area contributed by atoms with Crippen molar-refractivity contribution in [2.24, 2.45) is 0 Å². The molecule has 4 nitrogen and oxygen atoms in total. The fourth-order valence-electron chi connectivity index (χ4n) is 2.60. The largest absolute Gasteiger partial charge is 0.465 e.